The van der Waals surface area contributed by atoms with Crippen molar-refractivity contribution in [3.8, 4) is 0 Å². The Bertz CT molecular complexity index is 1380. The first-order valence-electron chi connectivity index (χ1n) is 10.9. The molecule has 196 valence electrons. The van der Waals surface area contributed by atoms with Crippen molar-refractivity contribution in [1.82, 2.24) is 10.2 Å². The van der Waals surface area contributed by atoms with Crippen molar-refractivity contribution in [2.45, 2.75) is 24.4 Å². The number of nitrogens with zero attached hydrogens (tertiary/aromatic N) is 2. The summed E-state index contributed by atoms with van der Waals surface area (Å²) in [6, 6.07) is 15.8. The average molecular weight is 603 g/mol. The average Bonchev–Trinajstić information content (AvgIpc) is 2.88. The molecular formula is C25H23Cl4N3O4S. The van der Waals surface area contributed by atoms with Gasteiger partial charge in [0.2, 0.25) is 11.8 Å². The van der Waals surface area contributed by atoms with Gasteiger partial charge in [0.15, 0.2) is 0 Å². The quantitative estimate of drug-likeness (QED) is 0.342. The second kappa shape index (κ2) is 12.4. The van der Waals surface area contributed by atoms with Crippen LogP contribution >= 0.6 is 46.4 Å². The molecule has 1 atom stereocenters. The maximum Gasteiger partial charge on any atom is 0.264 e. The third kappa shape index (κ3) is 6.69. The number of carbonyl (C=O) groups excluding carboxylic acids is 2. The van der Waals surface area contributed by atoms with Crippen LogP contribution in [0.1, 0.15) is 12.5 Å². The minimum atomic E-state index is -4.27. The van der Waals surface area contributed by atoms with Crippen LogP contribution in [0.2, 0.25) is 20.1 Å². The zero-order chi connectivity index (χ0) is 27.3. The Kier molecular flexibility index (Phi) is 9.72. The molecule has 7 nitrogen and oxygen atoms in total. The second-order valence-electron chi connectivity index (χ2n) is 7.93. The van der Waals surface area contributed by atoms with E-state index in [4.69, 9.17) is 46.4 Å². The molecular weight excluding hydrogens is 580 g/mol. The zero-order valence-corrected chi connectivity index (χ0v) is 23.6. The van der Waals surface area contributed by atoms with Crippen molar-refractivity contribution in [3.63, 3.8) is 0 Å². The van der Waals surface area contributed by atoms with Gasteiger partial charge in [-0.25, -0.2) is 8.42 Å². The fourth-order valence-electron chi connectivity index (χ4n) is 3.56. The Morgan fingerprint density at radius 1 is 0.892 bits per heavy atom. The minimum absolute atomic E-state index is 0.00897. The lowest BCUT2D eigenvalue weighted by molar-refractivity contribution is -0.139. The predicted octanol–water partition coefficient (Wildman–Crippen LogP) is 5.66. The predicted molar refractivity (Wildman–Crippen MR) is 148 cm³/mol. The topological polar surface area (TPSA) is 86.8 Å². The van der Waals surface area contributed by atoms with Crippen molar-refractivity contribution in [2.75, 3.05) is 17.9 Å². The number of anilines is 1. The highest BCUT2D eigenvalue weighted by Gasteiger charge is 2.33. The first-order chi connectivity index (χ1) is 17.5. The van der Waals surface area contributed by atoms with E-state index < -0.39 is 34.4 Å². The number of benzene rings is 3. The van der Waals surface area contributed by atoms with Crippen LogP contribution < -0.4 is 9.62 Å². The van der Waals surface area contributed by atoms with Crippen LogP contribution in [0.5, 0.6) is 0 Å². The highest BCUT2D eigenvalue weighted by atomic mass is 35.5. The molecule has 0 fully saturated rings. The summed E-state index contributed by atoms with van der Waals surface area (Å²) in [7, 11) is -2.84. The standard InChI is InChI=1S/C25H23Cl4N3O4S/c1-16(25(34)30-2)31(14-19-20(27)9-6-10-21(19)28)24(33)15-32(23-13-17(26)11-12-22(23)29)37(35,36)18-7-4-3-5-8-18/h3-13,16H,14-15H2,1-2H3,(H,30,34)/t16-/m0/s1. The Labute approximate surface area is 235 Å². The fraction of sp³-hybridized carbons (Fsp3) is 0.200. The van der Waals surface area contributed by atoms with Crippen LogP contribution in [-0.2, 0) is 26.2 Å². The van der Waals surface area contributed by atoms with Gasteiger partial charge in [0.05, 0.1) is 15.6 Å². The number of carbonyl (C=O) groups is 2. The van der Waals surface area contributed by atoms with Crippen LogP contribution in [0.15, 0.2) is 71.6 Å². The third-order valence-corrected chi connectivity index (χ3v) is 8.63. The van der Waals surface area contributed by atoms with E-state index in [9.17, 15) is 18.0 Å². The largest absolute Gasteiger partial charge is 0.357 e. The lowest BCUT2D eigenvalue weighted by Gasteiger charge is -2.32. The number of likely N-dealkylation sites (N-methyl/N-ethyl adjacent to an activating group) is 1. The molecule has 0 saturated heterocycles. The summed E-state index contributed by atoms with van der Waals surface area (Å²) in [4.78, 5) is 27.5. The van der Waals surface area contributed by atoms with E-state index in [1.165, 1.54) is 49.2 Å². The molecule has 3 rings (SSSR count). The van der Waals surface area contributed by atoms with Gasteiger partial charge in [0, 0.05) is 34.2 Å². The van der Waals surface area contributed by atoms with Gasteiger partial charge in [-0.3, -0.25) is 13.9 Å². The van der Waals surface area contributed by atoms with Crippen LogP contribution in [0.25, 0.3) is 0 Å². The third-order valence-electron chi connectivity index (χ3n) is 5.59. The molecule has 0 aliphatic heterocycles. The summed E-state index contributed by atoms with van der Waals surface area (Å²) in [5, 5.41) is 3.38. The molecule has 0 unspecified atom stereocenters. The molecule has 1 N–H and O–H groups in total. The van der Waals surface area contributed by atoms with Gasteiger partial charge in [0.1, 0.15) is 12.6 Å². The number of hydrogen-bond acceptors (Lipinski definition) is 4. The summed E-state index contributed by atoms with van der Waals surface area (Å²) in [5.41, 5.74) is 0.419. The van der Waals surface area contributed by atoms with Crippen molar-refractivity contribution in [3.05, 3.63) is 92.4 Å². The van der Waals surface area contributed by atoms with E-state index in [0.29, 0.717) is 15.6 Å². The van der Waals surface area contributed by atoms with Crippen molar-refractivity contribution in [1.29, 1.82) is 0 Å². The van der Waals surface area contributed by atoms with E-state index in [1.807, 2.05) is 0 Å². The number of nitrogens with one attached hydrogen (secondary N) is 1. The highest BCUT2D eigenvalue weighted by Crippen LogP contribution is 2.33. The molecule has 0 bridgehead atoms. The summed E-state index contributed by atoms with van der Waals surface area (Å²) in [5.74, 6) is -1.16. The normalized spacial score (nSPS) is 12.1. The molecule has 0 saturated carbocycles. The lowest BCUT2D eigenvalue weighted by Crippen LogP contribution is -2.50. The van der Waals surface area contributed by atoms with Crippen LogP contribution in [0.4, 0.5) is 5.69 Å². The van der Waals surface area contributed by atoms with E-state index in [-0.39, 0.29) is 27.2 Å². The number of hydrogen-bond donors (Lipinski definition) is 1. The Hall–Kier alpha value is -2.49. The fourth-order valence-corrected chi connectivity index (χ4v) is 5.95. The van der Waals surface area contributed by atoms with Gasteiger partial charge in [-0.2, -0.15) is 0 Å². The number of rotatable bonds is 9. The SMILES string of the molecule is CNC(=O)[C@H](C)N(Cc1c(Cl)cccc1Cl)C(=O)CN(c1cc(Cl)ccc1Cl)S(=O)(=O)c1ccccc1. The minimum Gasteiger partial charge on any atom is -0.357 e. The maximum absolute atomic E-state index is 13.8. The van der Waals surface area contributed by atoms with Crippen molar-refractivity contribution in [2.24, 2.45) is 0 Å². The van der Waals surface area contributed by atoms with Gasteiger partial charge in [-0.1, -0.05) is 70.7 Å². The summed E-state index contributed by atoms with van der Waals surface area (Å²) >= 11 is 25.2. The molecule has 3 aromatic carbocycles. The zero-order valence-electron chi connectivity index (χ0n) is 19.8. The molecule has 0 aliphatic carbocycles. The van der Waals surface area contributed by atoms with Gasteiger partial charge in [0.25, 0.3) is 10.0 Å². The van der Waals surface area contributed by atoms with Crippen molar-refractivity contribution >= 4 is 73.9 Å². The lowest BCUT2D eigenvalue weighted by atomic mass is 10.1. The summed E-state index contributed by atoms with van der Waals surface area (Å²) in [6.07, 6.45) is 0. The van der Waals surface area contributed by atoms with E-state index in [1.54, 1.807) is 36.4 Å². The number of sulfonamides is 1. The first-order valence-corrected chi connectivity index (χ1v) is 13.9. The number of amides is 2. The van der Waals surface area contributed by atoms with Gasteiger partial charge < -0.3 is 10.2 Å². The molecule has 3 aromatic rings. The van der Waals surface area contributed by atoms with Gasteiger partial charge >= 0.3 is 0 Å². The van der Waals surface area contributed by atoms with E-state index >= 15 is 0 Å². The smallest absolute Gasteiger partial charge is 0.264 e. The van der Waals surface area contributed by atoms with E-state index in [0.717, 1.165) is 4.31 Å². The molecule has 37 heavy (non-hydrogen) atoms. The molecule has 12 heteroatoms. The Morgan fingerprint density at radius 2 is 1.51 bits per heavy atom. The van der Waals surface area contributed by atoms with Gasteiger partial charge in [-0.05, 0) is 49.4 Å². The Balaban J connectivity index is 2.10. The molecule has 0 spiro atoms. The number of halogens is 4. The first kappa shape index (κ1) is 29.1. The Morgan fingerprint density at radius 3 is 2.11 bits per heavy atom. The van der Waals surface area contributed by atoms with Gasteiger partial charge in [-0.15, -0.1) is 0 Å². The maximum atomic E-state index is 13.8. The van der Waals surface area contributed by atoms with E-state index in [2.05, 4.69) is 5.32 Å². The van der Waals surface area contributed by atoms with Crippen molar-refractivity contribution < 1.29 is 18.0 Å². The summed E-state index contributed by atoms with van der Waals surface area (Å²) in [6.45, 7) is 0.693. The molecule has 0 heterocycles. The molecule has 0 aromatic heterocycles. The molecule has 0 aliphatic rings. The molecule has 0 radical (unpaired) electrons. The van der Waals surface area contributed by atoms with Crippen LogP contribution in [-0.4, -0.2) is 44.8 Å². The van der Waals surface area contributed by atoms with Crippen LogP contribution in [0, 0.1) is 0 Å². The monoisotopic (exact) mass is 601 g/mol. The van der Waals surface area contributed by atoms with Crippen LogP contribution in [0.3, 0.4) is 0 Å². The second-order valence-corrected chi connectivity index (χ2v) is 11.5. The molecule has 2 amide bonds. The highest BCUT2D eigenvalue weighted by molar-refractivity contribution is 7.92. The summed E-state index contributed by atoms with van der Waals surface area (Å²) < 4.78 is 28.3.